The quantitative estimate of drug-likeness (QED) is 0.907. The minimum atomic E-state index is 0.173. The van der Waals surface area contributed by atoms with Gasteiger partial charge in [-0.05, 0) is 41.8 Å². The van der Waals surface area contributed by atoms with Gasteiger partial charge in [0.1, 0.15) is 11.9 Å². The van der Waals surface area contributed by atoms with E-state index >= 15 is 0 Å². The van der Waals surface area contributed by atoms with Crippen molar-refractivity contribution in [3.8, 4) is 5.75 Å². The highest BCUT2D eigenvalue weighted by Gasteiger charge is 2.15. The van der Waals surface area contributed by atoms with Gasteiger partial charge >= 0.3 is 0 Å². The minimum absolute atomic E-state index is 0.173. The molecule has 2 rings (SSSR count). The number of ether oxygens (including phenoxy) is 1. The second kappa shape index (κ2) is 6.36. The van der Waals surface area contributed by atoms with Crippen LogP contribution in [0.4, 0.5) is 0 Å². The summed E-state index contributed by atoms with van der Waals surface area (Å²) in [7, 11) is 0. The van der Waals surface area contributed by atoms with E-state index in [-0.39, 0.29) is 6.10 Å². The van der Waals surface area contributed by atoms with E-state index in [1.807, 2.05) is 6.07 Å². The number of nitrogens with zero attached hydrogens (tertiary/aromatic N) is 1. The summed E-state index contributed by atoms with van der Waals surface area (Å²) < 4.78 is 6.75. The van der Waals surface area contributed by atoms with Crippen LogP contribution in [-0.2, 0) is 0 Å². The Labute approximate surface area is 111 Å². The van der Waals surface area contributed by atoms with E-state index in [1.165, 1.54) is 25.7 Å². The number of halogens is 1. The molecular weight excluding hydrogens is 280 g/mol. The molecule has 1 aromatic heterocycles. The van der Waals surface area contributed by atoms with Crippen molar-refractivity contribution in [2.45, 2.75) is 44.8 Å². The Morgan fingerprint density at radius 1 is 1.47 bits per heavy atom. The summed E-state index contributed by atoms with van der Waals surface area (Å²) in [6.07, 6.45) is 9.03. The Kier molecular flexibility index (Phi) is 4.80. The average Bonchev–Trinajstić information content (AvgIpc) is 2.79. The fraction of sp³-hybridized carbons (Fsp3) is 0.615. The molecule has 0 spiro atoms. The first kappa shape index (κ1) is 12.8. The lowest BCUT2D eigenvalue weighted by atomic mass is 10.2. The monoisotopic (exact) mass is 298 g/mol. The van der Waals surface area contributed by atoms with Crippen LogP contribution in [0, 0.1) is 0 Å². The molecule has 1 saturated carbocycles. The predicted molar refractivity (Wildman–Crippen MR) is 72.3 cm³/mol. The van der Waals surface area contributed by atoms with Gasteiger partial charge in [0.2, 0.25) is 0 Å². The van der Waals surface area contributed by atoms with Crippen molar-refractivity contribution in [2.75, 3.05) is 6.54 Å². The lowest BCUT2D eigenvalue weighted by Crippen LogP contribution is -2.35. The zero-order valence-corrected chi connectivity index (χ0v) is 11.7. The Morgan fingerprint density at radius 2 is 2.24 bits per heavy atom. The van der Waals surface area contributed by atoms with Crippen molar-refractivity contribution in [1.82, 2.24) is 10.3 Å². The molecule has 0 aromatic carbocycles. The summed E-state index contributed by atoms with van der Waals surface area (Å²) in [6.45, 7) is 2.99. The van der Waals surface area contributed by atoms with Crippen molar-refractivity contribution >= 4 is 15.9 Å². The van der Waals surface area contributed by atoms with Crippen molar-refractivity contribution in [3.63, 3.8) is 0 Å². The van der Waals surface area contributed by atoms with Gasteiger partial charge in [-0.1, -0.05) is 12.8 Å². The molecule has 0 radical (unpaired) electrons. The standard InChI is InChI=1S/C13H19BrN2O/c1-10(7-16-12-4-2-3-5-12)17-13-6-11(14)8-15-9-13/h6,8-10,12,16H,2-5,7H2,1H3. The Balaban J connectivity index is 1.74. The molecular formula is C13H19BrN2O. The number of nitrogens with one attached hydrogen (secondary N) is 1. The maximum Gasteiger partial charge on any atom is 0.139 e. The van der Waals surface area contributed by atoms with Crippen LogP contribution < -0.4 is 10.1 Å². The molecule has 4 heteroatoms. The van der Waals surface area contributed by atoms with Gasteiger partial charge in [-0.3, -0.25) is 4.98 Å². The fourth-order valence-electron chi connectivity index (χ4n) is 2.19. The predicted octanol–water partition coefficient (Wildman–Crippen LogP) is 3.14. The first-order valence-corrected chi connectivity index (χ1v) is 7.04. The molecule has 1 aromatic rings. The summed E-state index contributed by atoms with van der Waals surface area (Å²) in [4.78, 5) is 4.08. The largest absolute Gasteiger partial charge is 0.488 e. The summed E-state index contributed by atoms with van der Waals surface area (Å²) >= 11 is 3.39. The van der Waals surface area contributed by atoms with Gasteiger partial charge in [-0.25, -0.2) is 0 Å². The molecule has 94 valence electrons. The van der Waals surface area contributed by atoms with E-state index in [0.29, 0.717) is 6.04 Å². The maximum atomic E-state index is 5.80. The Hall–Kier alpha value is -0.610. The van der Waals surface area contributed by atoms with Crippen molar-refractivity contribution in [3.05, 3.63) is 22.9 Å². The first-order valence-electron chi connectivity index (χ1n) is 6.24. The van der Waals surface area contributed by atoms with Crippen LogP contribution in [0.5, 0.6) is 5.75 Å². The maximum absolute atomic E-state index is 5.80. The topological polar surface area (TPSA) is 34.1 Å². The third kappa shape index (κ3) is 4.28. The van der Waals surface area contributed by atoms with Crippen LogP contribution in [0.3, 0.4) is 0 Å². The molecule has 17 heavy (non-hydrogen) atoms. The summed E-state index contributed by atoms with van der Waals surface area (Å²) in [6, 6.07) is 2.64. The highest BCUT2D eigenvalue weighted by Crippen LogP contribution is 2.19. The Morgan fingerprint density at radius 3 is 2.94 bits per heavy atom. The number of hydrogen-bond donors (Lipinski definition) is 1. The molecule has 1 aliphatic rings. The third-order valence-electron chi connectivity index (χ3n) is 3.07. The Bertz CT molecular complexity index is 353. The smallest absolute Gasteiger partial charge is 0.139 e. The van der Waals surface area contributed by atoms with Gasteiger partial charge in [0.15, 0.2) is 0 Å². The average molecular weight is 299 g/mol. The van der Waals surface area contributed by atoms with E-state index in [0.717, 1.165) is 16.8 Å². The van der Waals surface area contributed by atoms with Crippen LogP contribution in [0.25, 0.3) is 0 Å². The zero-order valence-electron chi connectivity index (χ0n) is 10.2. The molecule has 0 amide bonds. The molecule has 0 saturated heterocycles. The zero-order chi connectivity index (χ0) is 12.1. The minimum Gasteiger partial charge on any atom is -0.488 e. The van der Waals surface area contributed by atoms with Crippen LogP contribution >= 0.6 is 15.9 Å². The van der Waals surface area contributed by atoms with Crippen LogP contribution in [0.1, 0.15) is 32.6 Å². The third-order valence-corrected chi connectivity index (χ3v) is 3.50. The molecule has 1 fully saturated rings. The number of aromatic nitrogens is 1. The van der Waals surface area contributed by atoms with E-state index in [9.17, 15) is 0 Å². The lowest BCUT2D eigenvalue weighted by Gasteiger charge is -2.18. The first-order chi connectivity index (χ1) is 8.24. The number of hydrogen-bond acceptors (Lipinski definition) is 3. The second-order valence-electron chi connectivity index (χ2n) is 4.66. The number of pyridine rings is 1. The van der Waals surface area contributed by atoms with E-state index in [2.05, 4.69) is 33.2 Å². The molecule has 1 N–H and O–H groups in total. The molecule has 0 aliphatic heterocycles. The van der Waals surface area contributed by atoms with Crippen molar-refractivity contribution in [2.24, 2.45) is 0 Å². The molecule has 1 unspecified atom stereocenters. The van der Waals surface area contributed by atoms with Gasteiger partial charge in [-0.2, -0.15) is 0 Å². The normalized spacial score (nSPS) is 18.2. The highest BCUT2D eigenvalue weighted by atomic mass is 79.9. The number of rotatable bonds is 5. The SMILES string of the molecule is CC(CNC1CCCC1)Oc1cncc(Br)c1. The van der Waals surface area contributed by atoms with Gasteiger partial charge in [0, 0.05) is 23.3 Å². The van der Waals surface area contributed by atoms with E-state index in [1.54, 1.807) is 12.4 Å². The highest BCUT2D eigenvalue weighted by molar-refractivity contribution is 9.10. The van der Waals surface area contributed by atoms with Crippen molar-refractivity contribution in [1.29, 1.82) is 0 Å². The molecule has 1 heterocycles. The van der Waals surface area contributed by atoms with Gasteiger partial charge in [0.05, 0.1) is 6.20 Å². The van der Waals surface area contributed by atoms with Crippen LogP contribution in [0.15, 0.2) is 22.9 Å². The van der Waals surface area contributed by atoms with Crippen LogP contribution in [-0.4, -0.2) is 23.7 Å². The molecule has 1 atom stereocenters. The van der Waals surface area contributed by atoms with Gasteiger partial charge in [-0.15, -0.1) is 0 Å². The molecule has 3 nitrogen and oxygen atoms in total. The van der Waals surface area contributed by atoms with E-state index in [4.69, 9.17) is 4.74 Å². The van der Waals surface area contributed by atoms with E-state index < -0.39 is 0 Å². The molecule has 0 bridgehead atoms. The summed E-state index contributed by atoms with van der Waals surface area (Å²) in [5.41, 5.74) is 0. The van der Waals surface area contributed by atoms with Gasteiger partial charge < -0.3 is 10.1 Å². The van der Waals surface area contributed by atoms with Gasteiger partial charge in [0.25, 0.3) is 0 Å². The summed E-state index contributed by atoms with van der Waals surface area (Å²) in [5.74, 6) is 0.820. The fourth-order valence-corrected chi connectivity index (χ4v) is 2.54. The second-order valence-corrected chi connectivity index (χ2v) is 5.57. The van der Waals surface area contributed by atoms with Crippen molar-refractivity contribution < 1.29 is 4.74 Å². The lowest BCUT2D eigenvalue weighted by molar-refractivity contribution is 0.210. The van der Waals surface area contributed by atoms with Crippen LogP contribution in [0.2, 0.25) is 0 Å². The molecule has 1 aliphatic carbocycles. The summed E-state index contributed by atoms with van der Waals surface area (Å²) in [5, 5.41) is 3.56.